The van der Waals surface area contributed by atoms with Crippen LogP contribution in [-0.4, -0.2) is 209 Å². The van der Waals surface area contributed by atoms with Gasteiger partial charge < -0.3 is 132 Å². The predicted octanol–water partition coefficient (Wildman–Crippen LogP) is 5.86. The number of primary amides is 1. The number of nitrogens with two attached hydrogens (primary N) is 1. The van der Waals surface area contributed by atoms with Crippen molar-refractivity contribution in [3.63, 3.8) is 0 Å². The molecule has 7 aromatic rings. The number of ether oxygens (including phenoxy) is 8. The van der Waals surface area contributed by atoms with Crippen molar-refractivity contribution in [2.75, 3.05) is 20.3 Å². The van der Waals surface area contributed by atoms with Gasteiger partial charge in [-0.1, -0.05) is 109 Å². The number of rotatable bonds is 21. The average molecular weight is 1800 g/mol. The first-order valence-electron chi connectivity index (χ1n) is 38.7. The highest BCUT2D eigenvalue weighted by molar-refractivity contribution is 6.42. The number of aliphatic carboxylic acids is 1. The molecule has 19 N–H and O–H groups in total. The monoisotopic (exact) mass is 1800 g/mol. The molecule has 660 valence electrons. The van der Waals surface area contributed by atoms with Gasteiger partial charge in [-0.05, 0) is 138 Å². The molecule has 7 aliphatic rings. The molecule has 124 heavy (non-hydrogen) atoms. The van der Waals surface area contributed by atoms with Crippen LogP contribution in [0.25, 0.3) is 11.1 Å². The molecule has 0 radical (unpaired) electrons. The van der Waals surface area contributed by atoms with Gasteiger partial charge >= 0.3 is 12.1 Å². The maximum Gasteiger partial charge on any atom is 0.410 e. The lowest BCUT2D eigenvalue weighted by Gasteiger charge is -2.48. The van der Waals surface area contributed by atoms with Crippen LogP contribution in [0, 0.1) is 5.92 Å². The first kappa shape index (κ1) is 91.9. The zero-order valence-electron chi connectivity index (χ0n) is 66.6. The van der Waals surface area contributed by atoms with Crippen molar-refractivity contribution in [3.8, 4) is 62.9 Å². The van der Waals surface area contributed by atoms with Gasteiger partial charge in [0.25, 0.3) is 0 Å². The standard InChI is InChI=1S/C84H89Cl4N9O27/c1-7-20-117-83(116)97(6)52(21-35(2)3)76(109)95-66-68(103)40-12-18-55(49(87)24-40)120-57-26-42-27-58(72(57)124-82-73(71(106)70(105)59(33-98)122-82)123-61-31-84(5,74(107)36(4)119-61)90-32-37-8-14-44(15-9-37)118-34-38-10-16-47(85)48(86)22-38)121-56-19-13-41(25-50(56)88)69(104)67-80(113)94-65(81(114)115)46-28-43(99)29-54(101)62(46)45-23-39(11-17-53(45)100)63(77(110)96-67)93-78(111)64(42)92-75(108)51(30-60(89)102)91-79(66)112/h7-19,22-29,35-36,51-52,59,61,63-71,73-74,82,90,98-101,103-107H,1,20-21,30-34H2,2-6H3,(H2,89,102)(H,91,112)(H,92,108)(H,93,111)(H,94,113)(H,95,109)(H,96,110)(H,114,115)/t36-,51-,52+,59+,61-,63+,64+,65-,66+,67-,68+,69+,70+,71-,73+,74+,82-,84-/m0/s1. The molecule has 2 saturated heterocycles. The van der Waals surface area contributed by atoms with Crippen molar-refractivity contribution in [1.82, 2.24) is 42.1 Å². The Balaban J connectivity index is 1.02. The molecule has 0 aliphatic carbocycles. The number of hydrogen-bond acceptors (Lipinski definition) is 27. The molecule has 0 spiro atoms. The lowest BCUT2D eigenvalue weighted by atomic mass is 9.84. The van der Waals surface area contributed by atoms with Crippen LogP contribution in [0.5, 0.6) is 51.7 Å². The molecule has 7 aliphatic heterocycles. The van der Waals surface area contributed by atoms with Crippen LogP contribution in [0.1, 0.15) is 116 Å². The summed E-state index contributed by atoms with van der Waals surface area (Å²) in [6.45, 7) is 9.21. The number of carbonyl (C=O) groups excluding carboxylic acids is 8. The SMILES string of the molecule is C=CCOC(=O)N(C)[C@H](CC(C)C)C(=O)N[C@H]1C(=O)N[C@@H](CC(N)=O)C(=O)N[C@H]2C(=O)N[C@H]3C(=O)N[C@H](C(=O)N[C@H](C(=O)O)c4cc(O)cc(O)c4-c4cc3ccc4O)[C@H](O)c3ccc(c(Cl)c3)Oc3cc2cc(c3O[C@@H]2O[C@H](CO)[C@@H](O)[C@H](O)[C@H]2O[C@H]2C[C@](C)(NCc3ccc(OCc4ccc(Cl)c(Cl)c4)cc3)[C@H](O)[C@H](C)O2)Oc2ccc(cc2Cl)[C@H]1O. The van der Waals surface area contributed by atoms with Crippen molar-refractivity contribution >= 4 is 99.8 Å². The van der Waals surface area contributed by atoms with Gasteiger partial charge in [-0.25, -0.2) is 9.59 Å². The maximum absolute atomic E-state index is 16.3. The third kappa shape index (κ3) is 20.5. The number of likely N-dealkylation sites (N-methyl/N-ethyl adjacent to an activating group) is 1. The second kappa shape index (κ2) is 38.8. The Hall–Kier alpha value is -11.3. The molecule has 0 aromatic heterocycles. The Morgan fingerprint density at radius 2 is 1.31 bits per heavy atom. The van der Waals surface area contributed by atoms with E-state index in [1.165, 1.54) is 19.2 Å². The number of phenolic OH excluding ortho intramolecular Hbond substituents is 3. The zero-order chi connectivity index (χ0) is 89.8. The largest absolute Gasteiger partial charge is 0.508 e. The van der Waals surface area contributed by atoms with E-state index in [1.54, 1.807) is 70.2 Å². The summed E-state index contributed by atoms with van der Waals surface area (Å²) in [5.74, 6) is -16.7. The van der Waals surface area contributed by atoms with Crippen LogP contribution in [0.3, 0.4) is 0 Å². The van der Waals surface area contributed by atoms with Crippen LogP contribution < -0.4 is 61.9 Å². The smallest absolute Gasteiger partial charge is 0.410 e. The number of benzene rings is 7. The van der Waals surface area contributed by atoms with Gasteiger partial charge in [0.05, 0.1) is 45.3 Å². The molecule has 0 saturated carbocycles. The van der Waals surface area contributed by atoms with Gasteiger partial charge in [-0.3, -0.25) is 38.5 Å². The number of carboxylic acid groups (broad SMARTS) is 1. The maximum atomic E-state index is 16.3. The Kier molecular flexibility index (Phi) is 28.8. The quantitative estimate of drug-likeness (QED) is 0.0375. The number of nitrogens with one attached hydrogen (secondary N) is 7. The fourth-order valence-electron chi connectivity index (χ4n) is 14.9. The van der Waals surface area contributed by atoms with E-state index in [1.807, 2.05) is 0 Å². The molecule has 8 amide bonds. The third-order valence-corrected chi connectivity index (χ3v) is 22.8. The zero-order valence-corrected chi connectivity index (χ0v) is 69.6. The average Bonchev–Trinajstić information content (AvgIpc) is 0.764. The summed E-state index contributed by atoms with van der Waals surface area (Å²) in [5.41, 5.74) is 2.90. The van der Waals surface area contributed by atoms with Crippen molar-refractivity contribution in [1.29, 1.82) is 0 Å². The molecule has 18 atom stereocenters. The molecule has 7 aromatic carbocycles. The van der Waals surface area contributed by atoms with Crippen molar-refractivity contribution < 1.29 is 132 Å². The van der Waals surface area contributed by atoms with Gasteiger partial charge in [0.15, 0.2) is 29.9 Å². The third-order valence-electron chi connectivity index (χ3n) is 21.4. The van der Waals surface area contributed by atoms with E-state index in [0.29, 0.717) is 15.8 Å². The summed E-state index contributed by atoms with van der Waals surface area (Å²) < 4.78 is 50.7. The Labute approximate surface area is 727 Å². The van der Waals surface area contributed by atoms with E-state index >= 15 is 24.0 Å². The Morgan fingerprint density at radius 3 is 1.94 bits per heavy atom. The number of fused-ring (bicyclic) bond motifs is 15. The van der Waals surface area contributed by atoms with Crippen LogP contribution in [-0.2, 0) is 70.5 Å². The van der Waals surface area contributed by atoms with Gasteiger partial charge in [-0.2, -0.15) is 0 Å². The fraction of sp³-hybridized carbons (Fsp3) is 0.369. The highest BCUT2D eigenvalue weighted by Crippen LogP contribution is 2.50. The van der Waals surface area contributed by atoms with Gasteiger partial charge in [0, 0.05) is 48.3 Å². The Morgan fingerprint density at radius 1 is 0.685 bits per heavy atom. The highest BCUT2D eigenvalue weighted by Gasteiger charge is 2.52. The molecular weight excluding hydrogens is 1710 g/mol. The molecule has 2 fully saturated rings. The minimum absolute atomic E-state index is 0.0893. The van der Waals surface area contributed by atoms with Gasteiger partial charge in [-0.15, -0.1) is 0 Å². The number of aliphatic hydroxyl groups is 6. The van der Waals surface area contributed by atoms with E-state index in [9.17, 15) is 70.2 Å². The van der Waals surface area contributed by atoms with Gasteiger partial charge in [0.2, 0.25) is 53.4 Å². The lowest BCUT2D eigenvalue weighted by Crippen LogP contribution is -2.65. The van der Waals surface area contributed by atoms with Crippen LogP contribution in [0.15, 0.2) is 134 Å². The number of amides is 8. The second-order valence-electron chi connectivity index (χ2n) is 30.8. The number of aromatic hydroxyl groups is 3. The van der Waals surface area contributed by atoms with E-state index in [-0.39, 0.29) is 49.6 Å². The molecule has 14 rings (SSSR count). The number of nitrogens with zero attached hydrogens (tertiary/aromatic N) is 1. The minimum Gasteiger partial charge on any atom is -0.508 e. The van der Waals surface area contributed by atoms with E-state index < -0.39 is 260 Å². The summed E-state index contributed by atoms with van der Waals surface area (Å²) in [6.07, 6.45) is -19.3. The predicted molar refractivity (Wildman–Crippen MR) is 439 cm³/mol. The summed E-state index contributed by atoms with van der Waals surface area (Å²) in [5, 5.41) is 135. The number of hydrogen-bond donors (Lipinski definition) is 18. The van der Waals surface area contributed by atoms with E-state index in [2.05, 4.69) is 43.8 Å². The molecule has 36 nitrogen and oxygen atoms in total. The van der Waals surface area contributed by atoms with Crippen LogP contribution >= 0.6 is 46.4 Å². The van der Waals surface area contributed by atoms with E-state index in [4.69, 9.17) is 90.0 Å². The Bertz CT molecular complexity index is 5270. The van der Waals surface area contributed by atoms with E-state index in [0.717, 1.165) is 88.8 Å². The number of carboxylic acids is 1. The molecule has 40 heteroatoms. The summed E-state index contributed by atoms with van der Waals surface area (Å²) in [4.78, 5) is 134. The first-order chi connectivity index (χ1) is 58.8. The molecule has 0 unspecified atom stereocenters. The van der Waals surface area contributed by atoms with Crippen LogP contribution in [0.2, 0.25) is 20.1 Å². The first-order valence-corrected chi connectivity index (χ1v) is 40.2. The van der Waals surface area contributed by atoms with Crippen LogP contribution in [0.4, 0.5) is 4.79 Å². The summed E-state index contributed by atoms with van der Waals surface area (Å²) >= 11 is 26.7. The number of phenols is 3. The lowest BCUT2D eigenvalue weighted by molar-refractivity contribution is -0.334. The number of aliphatic hydroxyl groups excluding tert-OH is 6. The molecule has 11 bridgehead atoms. The van der Waals surface area contributed by atoms with Crippen molar-refractivity contribution in [2.45, 2.75) is 169 Å². The normalized spacial score (nSPS) is 26.0. The molecular formula is C84H89Cl4N9O27. The highest BCUT2D eigenvalue weighted by atomic mass is 35.5. The number of halogens is 4. The summed E-state index contributed by atoms with van der Waals surface area (Å²) in [6, 6.07) is 10.2. The second-order valence-corrected chi connectivity index (χ2v) is 32.4. The van der Waals surface area contributed by atoms with Crippen molar-refractivity contribution in [2.24, 2.45) is 11.7 Å². The minimum atomic E-state index is -2.43. The molecule has 7 heterocycles. The fourth-order valence-corrected chi connectivity index (χ4v) is 15.6. The summed E-state index contributed by atoms with van der Waals surface area (Å²) in [7, 11) is 1.23. The topological polar surface area (TPSA) is 543 Å². The van der Waals surface area contributed by atoms with Gasteiger partial charge in [0.1, 0.15) is 114 Å². The van der Waals surface area contributed by atoms with Crippen molar-refractivity contribution in [3.05, 3.63) is 193 Å². The number of carbonyl (C=O) groups is 9.